The number of nitrogens with one attached hydrogen (secondary N) is 1. The fourth-order valence-electron chi connectivity index (χ4n) is 2.13. The van der Waals surface area contributed by atoms with E-state index >= 15 is 0 Å². The third-order valence-electron chi connectivity index (χ3n) is 2.88. The molecule has 0 saturated carbocycles. The van der Waals surface area contributed by atoms with Gasteiger partial charge in [-0.2, -0.15) is 0 Å². The van der Waals surface area contributed by atoms with E-state index in [9.17, 15) is 0 Å². The fraction of sp³-hybridized carbons (Fsp3) is 0.538. The first-order valence-electron chi connectivity index (χ1n) is 5.90. The summed E-state index contributed by atoms with van der Waals surface area (Å²) in [6, 6.07) is 7.17. The smallest absolute Gasteiger partial charge is 0.0342 e. The van der Waals surface area contributed by atoms with Gasteiger partial charge >= 0.3 is 0 Å². The SMILES string of the molecule is CCCNC1CC(C)Sc2ccc(Br)cc21. The number of hydrogen-bond donors (Lipinski definition) is 1. The van der Waals surface area contributed by atoms with Crippen molar-refractivity contribution in [3.05, 3.63) is 28.2 Å². The van der Waals surface area contributed by atoms with Crippen LogP contribution >= 0.6 is 27.7 Å². The van der Waals surface area contributed by atoms with Crippen molar-refractivity contribution in [3.63, 3.8) is 0 Å². The molecule has 0 aliphatic carbocycles. The molecule has 2 unspecified atom stereocenters. The van der Waals surface area contributed by atoms with Crippen LogP contribution in [-0.4, -0.2) is 11.8 Å². The first kappa shape index (κ1) is 12.5. The van der Waals surface area contributed by atoms with Gasteiger partial charge < -0.3 is 5.32 Å². The van der Waals surface area contributed by atoms with Crippen LogP contribution in [0, 0.1) is 0 Å². The Bertz CT molecular complexity index is 367. The summed E-state index contributed by atoms with van der Waals surface area (Å²) in [6.45, 7) is 5.64. The minimum Gasteiger partial charge on any atom is -0.310 e. The second kappa shape index (κ2) is 5.56. The number of thioether (sulfide) groups is 1. The van der Waals surface area contributed by atoms with Gasteiger partial charge in [-0.05, 0) is 43.1 Å². The zero-order valence-electron chi connectivity index (χ0n) is 9.79. The van der Waals surface area contributed by atoms with Gasteiger partial charge in [-0.1, -0.05) is 29.8 Å². The molecule has 0 spiro atoms. The third-order valence-corrected chi connectivity index (χ3v) is 4.60. The first-order chi connectivity index (χ1) is 7.70. The molecule has 0 saturated heterocycles. The van der Waals surface area contributed by atoms with E-state index in [1.807, 2.05) is 11.8 Å². The lowest BCUT2D eigenvalue weighted by Gasteiger charge is -2.30. The van der Waals surface area contributed by atoms with Gasteiger partial charge in [0.15, 0.2) is 0 Å². The molecule has 1 aliphatic heterocycles. The summed E-state index contributed by atoms with van der Waals surface area (Å²) in [5.41, 5.74) is 1.46. The predicted molar refractivity (Wildman–Crippen MR) is 75.1 cm³/mol. The monoisotopic (exact) mass is 299 g/mol. The van der Waals surface area contributed by atoms with Gasteiger partial charge in [0.25, 0.3) is 0 Å². The molecule has 1 heterocycles. The van der Waals surface area contributed by atoms with Gasteiger partial charge in [-0.25, -0.2) is 0 Å². The number of rotatable bonds is 3. The van der Waals surface area contributed by atoms with Gasteiger partial charge in [0.2, 0.25) is 0 Å². The lowest BCUT2D eigenvalue weighted by molar-refractivity contribution is 0.485. The third kappa shape index (κ3) is 2.82. The van der Waals surface area contributed by atoms with E-state index in [0.717, 1.165) is 6.54 Å². The van der Waals surface area contributed by atoms with E-state index in [2.05, 4.69) is 53.3 Å². The Kier molecular flexibility index (Phi) is 4.34. The van der Waals surface area contributed by atoms with E-state index in [-0.39, 0.29) is 0 Å². The summed E-state index contributed by atoms with van der Waals surface area (Å²) in [5, 5.41) is 4.36. The average Bonchev–Trinajstić information content (AvgIpc) is 2.26. The van der Waals surface area contributed by atoms with Crippen LogP contribution in [0.3, 0.4) is 0 Å². The summed E-state index contributed by atoms with van der Waals surface area (Å²) >= 11 is 5.56. The lowest BCUT2D eigenvalue weighted by atomic mass is 10.0. The standard InChI is InChI=1S/C13H18BrNS/c1-3-6-15-12-7-9(2)16-13-5-4-10(14)8-11(12)13/h4-5,8-9,12,15H,3,6-7H2,1-2H3. The minimum absolute atomic E-state index is 0.531. The molecule has 1 aromatic rings. The Hall–Kier alpha value is 0.01000. The quantitative estimate of drug-likeness (QED) is 0.889. The molecule has 0 amide bonds. The average molecular weight is 300 g/mol. The highest BCUT2D eigenvalue weighted by molar-refractivity contribution is 9.10. The highest BCUT2D eigenvalue weighted by Gasteiger charge is 2.24. The van der Waals surface area contributed by atoms with E-state index in [4.69, 9.17) is 0 Å². The van der Waals surface area contributed by atoms with Crippen LogP contribution in [0.1, 0.15) is 38.3 Å². The van der Waals surface area contributed by atoms with Gasteiger partial charge in [0.1, 0.15) is 0 Å². The second-order valence-electron chi connectivity index (χ2n) is 4.35. The summed E-state index contributed by atoms with van der Waals surface area (Å²) in [7, 11) is 0. The van der Waals surface area contributed by atoms with E-state index in [1.54, 1.807) is 0 Å². The Morgan fingerprint density at radius 3 is 3.06 bits per heavy atom. The van der Waals surface area contributed by atoms with Crippen LogP contribution in [0.5, 0.6) is 0 Å². The number of hydrogen-bond acceptors (Lipinski definition) is 2. The van der Waals surface area contributed by atoms with E-state index in [0.29, 0.717) is 11.3 Å². The number of fused-ring (bicyclic) bond motifs is 1. The van der Waals surface area contributed by atoms with Gasteiger partial charge in [-0.3, -0.25) is 0 Å². The highest BCUT2D eigenvalue weighted by Crippen LogP contribution is 2.41. The maximum atomic E-state index is 3.65. The Balaban J connectivity index is 2.24. The summed E-state index contributed by atoms with van der Waals surface area (Å²) in [5.74, 6) is 0. The van der Waals surface area contributed by atoms with Crippen LogP contribution in [0.25, 0.3) is 0 Å². The predicted octanol–water partition coefficient (Wildman–Crippen LogP) is 4.37. The molecule has 1 N–H and O–H groups in total. The molecule has 1 nitrogen and oxygen atoms in total. The number of halogens is 1. The molecule has 0 fully saturated rings. The minimum atomic E-state index is 0.531. The molecule has 3 heteroatoms. The second-order valence-corrected chi connectivity index (χ2v) is 6.75. The van der Waals surface area contributed by atoms with Gasteiger partial charge in [0, 0.05) is 20.7 Å². The molecule has 1 aliphatic rings. The largest absolute Gasteiger partial charge is 0.310 e. The Labute approximate surface area is 111 Å². The van der Waals surface area contributed by atoms with Gasteiger partial charge in [0.05, 0.1) is 0 Å². The van der Waals surface area contributed by atoms with Crippen molar-refractivity contribution < 1.29 is 0 Å². The normalized spacial score (nSPS) is 24.2. The zero-order chi connectivity index (χ0) is 11.5. The van der Waals surface area contributed by atoms with Crippen molar-refractivity contribution in [1.82, 2.24) is 5.32 Å². The van der Waals surface area contributed by atoms with Crippen LogP contribution < -0.4 is 5.32 Å². The van der Waals surface area contributed by atoms with Crippen LogP contribution in [0.4, 0.5) is 0 Å². The van der Waals surface area contributed by atoms with Crippen molar-refractivity contribution in [3.8, 4) is 0 Å². The van der Waals surface area contributed by atoms with Crippen molar-refractivity contribution in [2.75, 3.05) is 6.54 Å². The van der Waals surface area contributed by atoms with Crippen LogP contribution in [-0.2, 0) is 0 Å². The Morgan fingerprint density at radius 2 is 2.31 bits per heavy atom. The number of benzene rings is 1. The fourth-order valence-corrected chi connectivity index (χ4v) is 3.72. The van der Waals surface area contributed by atoms with Crippen molar-refractivity contribution >= 4 is 27.7 Å². The molecule has 2 atom stereocenters. The molecule has 1 aromatic carbocycles. The maximum Gasteiger partial charge on any atom is 0.0342 e. The molecule has 16 heavy (non-hydrogen) atoms. The first-order valence-corrected chi connectivity index (χ1v) is 7.57. The Morgan fingerprint density at radius 1 is 1.50 bits per heavy atom. The molecule has 2 rings (SSSR count). The molecule has 0 aromatic heterocycles. The van der Waals surface area contributed by atoms with E-state index in [1.165, 1.54) is 27.8 Å². The summed E-state index contributed by atoms with van der Waals surface area (Å²) in [6.07, 6.45) is 2.43. The van der Waals surface area contributed by atoms with Gasteiger partial charge in [-0.15, -0.1) is 11.8 Å². The molecule has 0 radical (unpaired) electrons. The van der Waals surface area contributed by atoms with Crippen molar-refractivity contribution in [2.24, 2.45) is 0 Å². The molecule has 88 valence electrons. The summed E-state index contributed by atoms with van der Waals surface area (Å²) in [4.78, 5) is 1.44. The van der Waals surface area contributed by atoms with E-state index < -0.39 is 0 Å². The molecular formula is C13H18BrNS. The van der Waals surface area contributed by atoms with Crippen LogP contribution in [0.2, 0.25) is 0 Å². The van der Waals surface area contributed by atoms with Crippen molar-refractivity contribution in [2.45, 2.75) is 42.9 Å². The zero-order valence-corrected chi connectivity index (χ0v) is 12.2. The summed E-state index contributed by atoms with van der Waals surface area (Å²) < 4.78 is 1.18. The lowest BCUT2D eigenvalue weighted by Crippen LogP contribution is -2.27. The van der Waals surface area contributed by atoms with Crippen molar-refractivity contribution in [1.29, 1.82) is 0 Å². The molecular weight excluding hydrogens is 282 g/mol. The maximum absolute atomic E-state index is 3.65. The molecule has 0 bridgehead atoms. The topological polar surface area (TPSA) is 12.0 Å². The van der Waals surface area contributed by atoms with Crippen LogP contribution in [0.15, 0.2) is 27.6 Å². The highest BCUT2D eigenvalue weighted by atomic mass is 79.9.